The van der Waals surface area contributed by atoms with Gasteiger partial charge in [0.25, 0.3) is 0 Å². The summed E-state index contributed by atoms with van der Waals surface area (Å²) >= 11 is 0. The van der Waals surface area contributed by atoms with Crippen LogP contribution in [0.4, 0.5) is 8.78 Å². The minimum atomic E-state index is -1.36. The number of carbonyl (C=O) groups is 6. The lowest BCUT2D eigenvalue weighted by atomic mass is 10.1. The van der Waals surface area contributed by atoms with Gasteiger partial charge in [0.15, 0.2) is 0 Å². The monoisotopic (exact) mass is 494 g/mol. The smallest absolute Gasteiger partial charge is 0.347 e. The highest BCUT2D eigenvalue weighted by atomic mass is 19.1. The van der Waals surface area contributed by atoms with Gasteiger partial charge in [-0.05, 0) is 48.5 Å². The van der Waals surface area contributed by atoms with Gasteiger partial charge in [0.05, 0.1) is 33.4 Å². The number of cyclic esters (lactones) is 4. The molecule has 2 aliphatic heterocycles. The molecule has 2 heterocycles. The van der Waals surface area contributed by atoms with Gasteiger partial charge in [-0.1, -0.05) is 0 Å². The third-order valence-corrected chi connectivity index (χ3v) is 5.15. The predicted octanol–water partition coefficient (Wildman–Crippen LogP) is 3.02. The molecule has 10 nitrogen and oxygen atoms in total. The van der Waals surface area contributed by atoms with Gasteiger partial charge in [0.1, 0.15) is 23.1 Å². The van der Waals surface area contributed by atoms with Crippen molar-refractivity contribution in [1.82, 2.24) is 0 Å². The molecule has 0 aliphatic carbocycles. The van der Waals surface area contributed by atoms with Crippen LogP contribution in [-0.4, -0.2) is 35.8 Å². The minimum absolute atomic E-state index is 0.0493. The number of hydrogen-bond donors (Lipinski definition) is 0. The molecule has 0 saturated carbocycles. The van der Waals surface area contributed by atoms with E-state index in [-0.39, 0.29) is 33.8 Å². The molecule has 12 heteroatoms. The lowest BCUT2D eigenvalue weighted by molar-refractivity contribution is 0.0425. The highest BCUT2D eigenvalue weighted by Gasteiger charge is 2.32. The van der Waals surface area contributed by atoms with Gasteiger partial charge in [-0.25, -0.2) is 37.5 Å². The molecule has 36 heavy (non-hydrogen) atoms. The largest absolute Gasteiger partial charge is 0.423 e. The van der Waals surface area contributed by atoms with Crippen LogP contribution >= 0.6 is 0 Å². The average Bonchev–Trinajstić information content (AvgIpc) is 3.28. The van der Waals surface area contributed by atoms with E-state index in [0.29, 0.717) is 12.1 Å². The Labute approximate surface area is 197 Å². The van der Waals surface area contributed by atoms with Gasteiger partial charge in [0.2, 0.25) is 0 Å². The summed E-state index contributed by atoms with van der Waals surface area (Å²) < 4.78 is 47.9. The van der Waals surface area contributed by atoms with Crippen molar-refractivity contribution in [3.05, 3.63) is 93.5 Å². The Morgan fingerprint density at radius 3 is 1.31 bits per heavy atom. The van der Waals surface area contributed by atoms with Crippen molar-refractivity contribution >= 4 is 35.8 Å². The summed E-state index contributed by atoms with van der Waals surface area (Å²) in [7, 11) is 0. The number of benzene rings is 3. The number of carbonyl (C=O) groups excluding carboxylic acids is 6. The summed E-state index contributed by atoms with van der Waals surface area (Å²) in [5.74, 6) is -9.53. The van der Waals surface area contributed by atoms with E-state index in [1.165, 1.54) is 0 Å². The van der Waals surface area contributed by atoms with Crippen LogP contribution in [0.5, 0.6) is 11.5 Å². The Balaban J connectivity index is 1.35. The normalized spacial score (nSPS) is 13.6. The molecule has 0 atom stereocenters. The number of halogens is 2. The van der Waals surface area contributed by atoms with Crippen molar-refractivity contribution in [2.45, 2.75) is 0 Å². The van der Waals surface area contributed by atoms with Gasteiger partial charge < -0.3 is 18.9 Å². The first-order valence-electron chi connectivity index (χ1n) is 9.87. The van der Waals surface area contributed by atoms with Gasteiger partial charge >= 0.3 is 35.8 Å². The SMILES string of the molecule is O=C(Oc1ccc2c(c1)C(=O)OC2=O)c1cc(F)c(C(=O)Oc2ccc3c(c2)C(=O)OC3=O)cc1F. The Morgan fingerprint density at radius 2 is 0.917 bits per heavy atom. The molecule has 3 aromatic rings. The lowest BCUT2D eigenvalue weighted by Gasteiger charge is -2.09. The van der Waals surface area contributed by atoms with Crippen molar-refractivity contribution < 1.29 is 56.5 Å². The molecule has 0 radical (unpaired) electrons. The van der Waals surface area contributed by atoms with Crippen LogP contribution < -0.4 is 9.47 Å². The molecule has 3 aromatic carbocycles. The summed E-state index contributed by atoms with van der Waals surface area (Å²) in [6.45, 7) is 0. The highest BCUT2D eigenvalue weighted by Crippen LogP contribution is 2.27. The van der Waals surface area contributed by atoms with Gasteiger partial charge in [-0.2, -0.15) is 0 Å². The first-order chi connectivity index (χ1) is 17.1. The highest BCUT2D eigenvalue weighted by molar-refractivity contribution is 6.15. The van der Waals surface area contributed by atoms with Crippen molar-refractivity contribution in [3.63, 3.8) is 0 Å². The van der Waals surface area contributed by atoms with E-state index in [2.05, 4.69) is 9.47 Å². The van der Waals surface area contributed by atoms with Gasteiger partial charge in [-0.3, -0.25) is 0 Å². The van der Waals surface area contributed by atoms with E-state index < -0.39 is 58.6 Å². The van der Waals surface area contributed by atoms with Crippen molar-refractivity contribution in [1.29, 1.82) is 0 Å². The molecule has 0 spiro atoms. The zero-order valence-electron chi connectivity index (χ0n) is 17.5. The van der Waals surface area contributed by atoms with Gasteiger partial charge in [-0.15, -0.1) is 0 Å². The van der Waals surface area contributed by atoms with E-state index in [4.69, 9.17) is 9.47 Å². The minimum Gasteiger partial charge on any atom is -0.423 e. The first-order valence-corrected chi connectivity index (χ1v) is 9.87. The number of fused-ring (bicyclic) bond motifs is 2. The summed E-state index contributed by atoms with van der Waals surface area (Å²) in [5, 5.41) is 0. The molecule has 0 N–H and O–H groups in total. The predicted molar refractivity (Wildman–Crippen MR) is 109 cm³/mol. The Kier molecular flexibility index (Phi) is 5.13. The molecule has 0 unspecified atom stereocenters. The number of hydrogen-bond acceptors (Lipinski definition) is 10. The molecular weight excluding hydrogens is 486 g/mol. The molecule has 5 rings (SSSR count). The molecular formula is C24H8F2O10. The lowest BCUT2D eigenvalue weighted by Crippen LogP contribution is -2.16. The standard InChI is InChI=1S/C24H8F2O10/c25-17-8-16(24(32)34-10-2-4-12-14(6-10)22(30)36-20(12)28)18(26)7-15(17)23(31)33-9-1-3-11-13(5-9)21(29)35-19(11)27/h1-8H. The Bertz CT molecular complexity index is 1460. The first kappa shape index (κ1) is 22.5. The quantitative estimate of drug-likeness (QED) is 0.302. The third-order valence-electron chi connectivity index (χ3n) is 5.15. The molecule has 0 aromatic heterocycles. The third kappa shape index (κ3) is 3.76. The molecule has 0 bridgehead atoms. The van der Waals surface area contributed by atoms with Gasteiger partial charge in [0, 0.05) is 0 Å². The van der Waals surface area contributed by atoms with E-state index in [0.717, 1.165) is 36.4 Å². The summed E-state index contributed by atoms with van der Waals surface area (Å²) in [4.78, 5) is 71.0. The van der Waals surface area contributed by atoms with Crippen molar-refractivity contribution in [2.75, 3.05) is 0 Å². The number of ether oxygens (including phenoxy) is 4. The Morgan fingerprint density at radius 1 is 0.556 bits per heavy atom. The molecule has 0 amide bonds. The maximum absolute atomic E-state index is 14.6. The second-order valence-electron chi connectivity index (χ2n) is 7.36. The van der Waals surface area contributed by atoms with Crippen LogP contribution in [0, 0.1) is 11.6 Å². The van der Waals surface area contributed by atoms with E-state index in [1.54, 1.807) is 0 Å². The second kappa shape index (κ2) is 8.20. The maximum Gasteiger partial charge on any atom is 0.347 e. The molecule has 2 aliphatic rings. The summed E-state index contributed by atoms with van der Waals surface area (Å²) in [5.41, 5.74) is -2.18. The molecule has 0 saturated heterocycles. The average molecular weight is 494 g/mol. The van der Waals surface area contributed by atoms with Crippen LogP contribution in [0.15, 0.2) is 48.5 Å². The van der Waals surface area contributed by atoms with Crippen LogP contribution in [0.3, 0.4) is 0 Å². The van der Waals surface area contributed by atoms with Crippen LogP contribution in [0.25, 0.3) is 0 Å². The van der Waals surface area contributed by atoms with E-state index in [1.807, 2.05) is 0 Å². The topological polar surface area (TPSA) is 139 Å². The number of esters is 6. The van der Waals surface area contributed by atoms with Crippen LogP contribution in [-0.2, 0) is 9.47 Å². The maximum atomic E-state index is 14.6. The fraction of sp³-hybridized carbons (Fsp3) is 0. The van der Waals surface area contributed by atoms with Crippen LogP contribution in [0.2, 0.25) is 0 Å². The zero-order valence-corrected chi connectivity index (χ0v) is 17.5. The summed E-state index contributed by atoms with van der Waals surface area (Å²) in [6.07, 6.45) is 0. The molecule has 178 valence electrons. The number of rotatable bonds is 4. The fourth-order valence-electron chi connectivity index (χ4n) is 3.44. The summed E-state index contributed by atoms with van der Waals surface area (Å²) in [6, 6.07) is 7.51. The molecule has 0 fully saturated rings. The van der Waals surface area contributed by atoms with Crippen LogP contribution in [0.1, 0.15) is 62.1 Å². The van der Waals surface area contributed by atoms with Crippen molar-refractivity contribution in [2.24, 2.45) is 0 Å². The zero-order chi connectivity index (χ0) is 25.7. The van der Waals surface area contributed by atoms with E-state index >= 15 is 0 Å². The second-order valence-corrected chi connectivity index (χ2v) is 7.36. The Hall–Kier alpha value is -5.26. The van der Waals surface area contributed by atoms with Crippen molar-refractivity contribution in [3.8, 4) is 11.5 Å². The van der Waals surface area contributed by atoms with E-state index in [9.17, 15) is 37.5 Å². The fourth-order valence-corrected chi connectivity index (χ4v) is 3.44.